The van der Waals surface area contributed by atoms with Gasteiger partial charge in [-0.2, -0.15) is 0 Å². The van der Waals surface area contributed by atoms with Crippen LogP contribution in [0, 0.1) is 6.92 Å². The molecule has 1 aromatic heterocycles. The number of aryl methyl sites for hydroxylation is 1. The summed E-state index contributed by atoms with van der Waals surface area (Å²) < 4.78 is 5.26. The third-order valence-corrected chi connectivity index (χ3v) is 3.90. The molecule has 1 aliphatic heterocycles. The summed E-state index contributed by atoms with van der Waals surface area (Å²) in [5.41, 5.74) is 6.10. The molecule has 0 aliphatic carbocycles. The molecule has 0 saturated carbocycles. The highest BCUT2D eigenvalue weighted by Gasteiger charge is 2.45. The first-order chi connectivity index (χ1) is 9.98. The zero-order valence-corrected chi connectivity index (χ0v) is 12.5. The Morgan fingerprint density at radius 3 is 2.90 bits per heavy atom. The minimum absolute atomic E-state index is 0.101. The van der Waals surface area contributed by atoms with Gasteiger partial charge in [-0.15, -0.1) is 0 Å². The van der Waals surface area contributed by atoms with Crippen LogP contribution >= 0.6 is 0 Å². The molecule has 2 N–H and O–H groups in total. The van der Waals surface area contributed by atoms with Gasteiger partial charge in [0.15, 0.2) is 0 Å². The quantitative estimate of drug-likeness (QED) is 0.873. The van der Waals surface area contributed by atoms with E-state index in [2.05, 4.69) is 4.98 Å². The molecule has 1 aromatic rings. The Balaban J connectivity index is 2.31. The van der Waals surface area contributed by atoms with E-state index in [1.807, 2.05) is 6.92 Å². The minimum Gasteiger partial charge on any atom is -0.382 e. The Bertz CT molecular complexity index is 547. The molecule has 1 aliphatic rings. The van der Waals surface area contributed by atoms with Crippen molar-refractivity contribution in [3.63, 3.8) is 0 Å². The van der Waals surface area contributed by atoms with E-state index in [9.17, 15) is 9.59 Å². The normalized spacial score (nSPS) is 21.5. The first-order valence-electron chi connectivity index (χ1n) is 7.00. The van der Waals surface area contributed by atoms with E-state index in [1.54, 1.807) is 30.3 Å². The molecule has 1 atom stereocenters. The van der Waals surface area contributed by atoms with E-state index in [0.29, 0.717) is 18.7 Å². The van der Waals surface area contributed by atoms with E-state index in [1.165, 1.54) is 0 Å². The largest absolute Gasteiger partial charge is 0.382 e. The molecule has 0 bridgehead atoms. The van der Waals surface area contributed by atoms with Crippen molar-refractivity contribution < 1.29 is 14.3 Å². The highest BCUT2D eigenvalue weighted by Crippen LogP contribution is 2.34. The molecular formula is C15H21N3O3. The number of primary amides is 1. The lowest BCUT2D eigenvalue weighted by atomic mass is 9.92. The number of methoxy groups -OCH3 is 1. The van der Waals surface area contributed by atoms with Crippen LogP contribution in [0.1, 0.15) is 35.3 Å². The van der Waals surface area contributed by atoms with Crippen LogP contribution < -0.4 is 5.73 Å². The summed E-state index contributed by atoms with van der Waals surface area (Å²) in [5.74, 6) is -0.519. The van der Waals surface area contributed by atoms with Gasteiger partial charge in [0.1, 0.15) is 0 Å². The Kier molecular flexibility index (Phi) is 4.57. The maximum Gasteiger partial charge on any atom is 0.254 e. The van der Waals surface area contributed by atoms with Crippen LogP contribution in [0.5, 0.6) is 0 Å². The van der Waals surface area contributed by atoms with E-state index in [4.69, 9.17) is 10.5 Å². The summed E-state index contributed by atoms with van der Waals surface area (Å²) in [4.78, 5) is 30.0. The number of carbonyl (C=O) groups excluding carboxylic acids is 2. The zero-order valence-electron chi connectivity index (χ0n) is 12.5. The first-order valence-corrected chi connectivity index (χ1v) is 7.00. The van der Waals surface area contributed by atoms with Gasteiger partial charge in [0.05, 0.1) is 18.6 Å². The molecule has 2 heterocycles. The van der Waals surface area contributed by atoms with Crippen molar-refractivity contribution in [3.8, 4) is 0 Å². The van der Waals surface area contributed by atoms with E-state index in [-0.39, 0.29) is 12.3 Å². The highest BCUT2D eigenvalue weighted by atomic mass is 16.5. The molecule has 6 heteroatoms. The van der Waals surface area contributed by atoms with Crippen molar-refractivity contribution in [2.45, 2.75) is 31.7 Å². The summed E-state index contributed by atoms with van der Waals surface area (Å²) in [7, 11) is 1.57. The van der Waals surface area contributed by atoms with Gasteiger partial charge in [0, 0.05) is 31.1 Å². The molecule has 2 amide bonds. The fraction of sp³-hybridized carbons (Fsp3) is 0.533. The molecule has 0 radical (unpaired) electrons. The predicted octanol–water partition coefficient (Wildman–Crippen LogP) is 0.887. The van der Waals surface area contributed by atoms with E-state index >= 15 is 0 Å². The number of ether oxygens (including phenoxy) is 1. The average Bonchev–Trinajstić information content (AvgIpc) is 2.80. The second-order valence-corrected chi connectivity index (χ2v) is 5.55. The van der Waals surface area contributed by atoms with Gasteiger partial charge in [-0.1, -0.05) is 0 Å². The molecular weight excluding hydrogens is 270 g/mol. The van der Waals surface area contributed by atoms with Crippen LogP contribution in [0.25, 0.3) is 0 Å². The maximum absolute atomic E-state index is 12.8. The number of amides is 2. The standard InChI is InChI=1S/C15H21N3O3/c1-11-8-12(4-6-17-11)14(20)18-7-3-5-15(18,10-21-2)9-13(16)19/h4,6,8H,3,5,7,9-10H2,1-2H3,(H2,16,19)/t15-/m0/s1. The van der Waals surface area contributed by atoms with E-state index < -0.39 is 11.4 Å². The number of hydrogen-bond acceptors (Lipinski definition) is 4. The van der Waals surface area contributed by atoms with Gasteiger partial charge < -0.3 is 15.4 Å². The molecule has 1 fully saturated rings. The van der Waals surface area contributed by atoms with Gasteiger partial charge in [-0.3, -0.25) is 14.6 Å². The Morgan fingerprint density at radius 2 is 2.29 bits per heavy atom. The molecule has 1 saturated heterocycles. The number of hydrogen-bond donors (Lipinski definition) is 1. The fourth-order valence-electron chi connectivity index (χ4n) is 3.07. The van der Waals surface area contributed by atoms with Crippen molar-refractivity contribution >= 4 is 11.8 Å². The average molecular weight is 291 g/mol. The zero-order chi connectivity index (χ0) is 15.5. The monoisotopic (exact) mass is 291 g/mol. The molecule has 2 rings (SSSR count). The molecule has 0 aromatic carbocycles. The topological polar surface area (TPSA) is 85.5 Å². The highest BCUT2D eigenvalue weighted by molar-refractivity contribution is 5.95. The van der Waals surface area contributed by atoms with Crippen LogP contribution in [0.15, 0.2) is 18.3 Å². The number of carbonyl (C=O) groups is 2. The molecule has 21 heavy (non-hydrogen) atoms. The van der Waals surface area contributed by atoms with Crippen molar-refractivity contribution in [1.29, 1.82) is 0 Å². The van der Waals surface area contributed by atoms with Crippen LogP contribution in [-0.4, -0.2) is 47.5 Å². The van der Waals surface area contributed by atoms with E-state index in [0.717, 1.165) is 18.5 Å². The lowest BCUT2D eigenvalue weighted by Crippen LogP contribution is -2.52. The Hall–Kier alpha value is -1.95. The predicted molar refractivity (Wildman–Crippen MR) is 77.7 cm³/mol. The van der Waals surface area contributed by atoms with Crippen molar-refractivity contribution in [3.05, 3.63) is 29.6 Å². The van der Waals surface area contributed by atoms with Crippen LogP contribution in [0.4, 0.5) is 0 Å². The van der Waals surface area contributed by atoms with Crippen molar-refractivity contribution in [2.75, 3.05) is 20.3 Å². The lowest BCUT2D eigenvalue weighted by Gasteiger charge is -2.37. The summed E-state index contributed by atoms with van der Waals surface area (Å²) in [6, 6.07) is 3.44. The molecule has 0 unspecified atom stereocenters. The lowest BCUT2D eigenvalue weighted by molar-refractivity contribution is -0.121. The molecule has 6 nitrogen and oxygen atoms in total. The molecule has 0 spiro atoms. The second kappa shape index (κ2) is 6.22. The number of nitrogens with zero attached hydrogens (tertiary/aromatic N) is 2. The van der Waals surface area contributed by atoms with Gasteiger partial charge in [-0.25, -0.2) is 0 Å². The third-order valence-electron chi connectivity index (χ3n) is 3.90. The Morgan fingerprint density at radius 1 is 1.52 bits per heavy atom. The smallest absolute Gasteiger partial charge is 0.254 e. The maximum atomic E-state index is 12.8. The minimum atomic E-state index is -0.630. The summed E-state index contributed by atoms with van der Waals surface area (Å²) >= 11 is 0. The van der Waals surface area contributed by atoms with Crippen molar-refractivity contribution in [1.82, 2.24) is 9.88 Å². The number of rotatable bonds is 5. The Labute approximate surface area is 124 Å². The fourth-order valence-corrected chi connectivity index (χ4v) is 3.07. The summed E-state index contributed by atoms with van der Waals surface area (Å²) in [6.07, 6.45) is 3.30. The number of likely N-dealkylation sites (tertiary alicyclic amines) is 1. The third kappa shape index (κ3) is 3.21. The van der Waals surface area contributed by atoms with Gasteiger partial charge in [0.25, 0.3) is 5.91 Å². The second-order valence-electron chi connectivity index (χ2n) is 5.55. The number of aromatic nitrogens is 1. The number of pyridine rings is 1. The first kappa shape index (κ1) is 15.4. The molecule has 114 valence electrons. The van der Waals surface area contributed by atoms with Crippen LogP contribution in [0.2, 0.25) is 0 Å². The van der Waals surface area contributed by atoms with Crippen LogP contribution in [-0.2, 0) is 9.53 Å². The van der Waals surface area contributed by atoms with Gasteiger partial charge in [-0.05, 0) is 31.9 Å². The SMILES string of the molecule is COC[C@@]1(CC(N)=O)CCCN1C(=O)c1ccnc(C)c1. The summed E-state index contributed by atoms with van der Waals surface area (Å²) in [5, 5.41) is 0. The van der Waals surface area contributed by atoms with Crippen molar-refractivity contribution in [2.24, 2.45) is 5.73 Å². The van der Waals surface area contributed by atoms with Gasteiger partial charge in [0.2, 0.25) is 5.91 Å². The number of nitrogens with two attached hydrogens (primary N) is 1. The van der Waals surface area contributed by atoms with Gasteiger partial charge >= 0.3 is 0 Å². The summed E-state index contributed by atoms with van der Waals surface area (Å²) in [6.45, 7) is 2.76. The van der Waals surface area contributed by atoms with Crippen LogP contribution in [0.3, 0.4) is 0 Å².